The number of aryl methyl sites for hydroxylation is 3. The Bertz CT molecular complexity index is 797. The quantitative estimate of drug-likeness (QED) is 0.215. The molecule has 0 bridgehead atoms. The first-order valence-electron chi connectivity index (χ1n) is 11.4. The Balaban J connectivity index is 0.00000272. The molecule has 2 aliphatic rings. The molecule has 8 heteroatoms. The zero-order valence-electron chi connectivity index (χ0n) is 18.7. The third-order valence-electron chi connectivity index (χ3n) is 6.35. The lowest BCUT2D eigenvalue weighted by Gasteiger charge is -2.39. The van der Waals surface area contributed by atoms with Crippen molar-refractivity contribution in [3.63, 3.8) is 0 Å². The van der Waals surface area contributed by atoms with Crippen molar-refractivity contribution < 1.29 is 0 Å². The molecule has 2 atom stereocenters. The zero-order valence-corrected chi connectivity index (χ0v) is 22.7. The third-order valence-corrected chi connectivity index (χ3v) is 8.51. The van der Waals surface area contributed by atoms with Gasteiger partial charge in [0.25, 0.3) is 0 Å². The molecule has 1 fully saturated rings. The van der Waals surface area contributed by atoms with Crippen LogP contribution in [-0.4, -0.2) is 49.6 Å². The smallest absolute Gasteiger partial charge is 0.190 e. The lowest BCUT2D eigenvalue weighted by Crippen LogP contribution is -2.45. The van der Waals surface area contributed by atoms with Crippen molar-refractivity contribution >= 4 is 52.6 Å². The Morgan fingerprint density at radius 3 is 2.90 bits per heavy atom. The Labute approximate surface area is 212 Å². The fraction of sp³-hybridized carbons (Fsp3) is 0.652. The molecule has 4 rings (SSSR count). The second-order valence-corrected chi connectivity index (χ2v) is 10.7. The van der Waals surface area contributed by atoms with E-state index in [0.29, 0.717) is 12.0 Å². The van der Waals surface area contributed by atoms with Crippen molar-refractivity contribution in [2.24, 2.45) is 10.9 Å². The molecule has 172 valence electrons. The topological polar surface area (TPSA) is 52.6 Å². The van der Waals surface area contributed by atoms with E-state index in [9.17, 15) is 0 Å². The fourth-order valence-corrected chi connectivity index (χ4v) is 6.97. The minimum absolute atomic E-state index is 0. The molecule has 2 N–H and O–H groups in total. The van der Waals surface area contributed by atoms with Gasteiger partial charge in [0.15, 0.2) is 5.96 Å². The summed E-state index contributed by atoms with van der Waals surface area (Å²) in [6.07, 6.45) is 9.77. The zero-order chi connectivity index (χ0) is 20.8. The molecule has 0 amide bonds. The van der Waals surface area contributed by atoms with E-state index in [2.05, 4.69) is 45.1 Å². The van der Waals surface area contributed by atoms with Crippen LogP contribution in [0.3, 0.4) is 0 Å². The third kappa shape index (κ3) is 6.65. The van der Waals surface area contributed by atoms with E-state index in [1.807, 2.05) is 29.7 Å². The predicted octanol–water partition coefficient (Wildman–Crippen LogP) is 4.88. The van der Waals surface area contributed by atoms with Crippen molar-refractivity contribution in [1.29, 1.82) is 0 Å². The van der Waals surface area contributed by atoms with E-state index in [4.69, 9.17) is 4.98 Å². The van der Waals surface area contributed by atoms with Crippen molar-refractivity contribution in [3.8, 4) is 0 Å². The number of aliphatic imine (C=N–C) groups is 1. The first-order valence-corrected chi connectivity index (χ1v) is 13.1. The highest BCUT2D eigenvalue weighted by Gasteiger charge is 2.31. The molecular weight excluding hydrogens is 537 g/mol. The molecule has 2 aromatic rings. The Kier molecular flexibility index (Phi) is 10.1. The summed E-state index contributed by atoms with van der Waals surface area (Å²) < 4.78 is 0. The number of piperidine rings is 1. The molecule has 1 saturated heterocycles. The summed E-state index contributed by atoms with van der Waals surface area (Å²) in [5.41, 5.74) is 1.38. The molecule has 3 heterocycles. The van der Waals surface area contributed by atoms with E-state index in [0.717, 1.165) is 31.9 Å². The number of nitrogens with one attached hydrogen (secondary N) is 2. The number of nitrogens with zero attached hydrogens (tertiary/aromatic N) is 3. The van der Waals surface area contributed by atoms with Crippen molar-refractivity contribution in [3.05, 3.63) is 38.0 Å². The van der Waals surface area contributed by atoms with Crippen molar-refractivity contribution in [2.45, 2.75) is 57.4 Å². The maximum Gasteiger partial charge on any atom is 0.190 e. The monoisotopic (exact) mass is 573 g/mol. The standard InChI is InChI=1S/C23H35N5S2.HI/c1-24-23(25-13-5-12-21-27-18-9-3-4-10-19(18)30-21)26-16-17-8-6-14-28(2)22(17)20-11-7-15-29-20;/h7,11,15,17,22H,3-6,8-10,12-14,16H2,1-2H3,(H2,24,25,26);1H. The fourth-order valence-electron chi connectivity index (χ4n) is 4.79. The molecular formula is C23H36IN5S2. The van der Waals surface area contributed by atoms with E-state index in [-0.39, 0.29) is 24.0 Å². The highest BCUT2D eigenvalue weighted by molar-refractivity contribution is 14.0. The summed E-state index contributed by atoms with van der Waals surface area (Å²) in [4.78, 5) is 14.9. The van der Waals surface area contributed by atoms with Crippen LogP contribution in [0.25, 0.3) is 0 Å². The number of likely N-dealkylation sites (tertiary alicyclic amines) is 1. The van der Waals surface area contributed by atoms with Gasteiger partial charge in [0.1, 0.15) is 0 Å². The normalized spacial score (nSPS) is 21.9. The number of aromatic nitrogens is 1. The molecule has 2 unspecified atom stereocenters. The predicted molar refractivity (Wildman–Crippen MR) is 144 cm³/mol. The van der Waals surface area contributed by atoms with Crippen LogP contribution in [0.1, 0.15) is 58.6 Å². The first kappa shape index (κ1) is 24.9. The Morgan fingerprint density at radius 2 is 2.13 bits per heavy atom. The number of fused-ring (bicyclic) bond motifs is 1. The van der Waals surface area contributed by atoms with Gasteiger partial charge in [0, 0.05) is 42.4 Å². The number of halogens is 1. The van der Waals surface area contributed by atoms with E-state index < -0.39 is 0 Å². The van der Waals surface area contributed by atoms with Crippen molar-refractivity contribution in [2.75, 3.05) is 33.7 Å². The summed E-state index contributed by atoms with van der Waals surface area (Å²) in [6, 6.07) is 4.97. The molecule has 0 spiro atoms. The molecule has 1 aliphatic heterocycles. The first-order chi connectivity index (χ1) is 14.7. The maximum atomic E-state index is 4.87. The highest BCUT2D eigenvalue weighted by atomic mass is 127. The minimum Gasteiger partial charge on any atom is -0.356 e. The van der Waals surface area contributed by atoms with Crippen molar-refractivity contribution in [1.82, 2.24) is 20.5 Å². The van der Waals surface area contributed by atoms with Gasteiger partial charge in [-0.1, -0.05) is 6.07 Å². The van der Waals surface area contributed by atoms with Crippen LogP contribution in [0.2, 0.25) is 0 Å². The SMILES string of the molecule is CN=C(NCCCc1nc2c(s1)CCCC2)NCC1CCCN(C)C1c1cccs1.I. The number of guanidine groups is 1. The largest absolute Gasteiger partial charge is 0.356 e. The van der Waals surface area contributed by atoms with Crippen LogP contribution >= 0.6 is 46.7 Å². The number of thiazole rings is 1. The van der Waals surface area contributed by atoms with Gasteiger partial charge in [0.05, 0.1) is 10.7 Å². The maximum absolute atomic E-state index is 4.87. The average molecular weight is 574 g/mol. The molecule has 0 aromatic carbocycles. The van der Waals surface area contributed by atoms with Gasteiger partial charge in [0.2, 0.25) is 0 Å². The van der Waals surface area contributed by atoms with Gasteiger partial charge in [-0.05, 0) is 75.9 Å². The van der Waals surface area contributed by atoms with Gasteiger partial charge in [-0.25, -0.2) is 4.98 Å². The van der Waals surface area contributed by atoms with Crippen LogP contribution in [0.15, 0.2) is 22.5 Å². The summed E-state index contributed by atoms with van der Waals surface area (Å²) in [5.74, 6) is 1.54. The number of hydrogen-bond donors (Lipinski definition) is 2. The van der Waals surface area contributed by atoms with E-state index >= 15 is 0 Å². The second-order valence-electron chi connectivity index (χ2n) is 8.51. The molecule has 31 heavy (non-hydrogen) atoms. The van der Waals surface area contributed by atoms with Crippen LogP contribution in [-0.2, 0) is 19.3 Å². The van der Waals surface area contributed by atoms with Gasteiger partial charge < -0.3 is 10.6 Å². The summed E-state index contributed by atoms with van der Waals surface area (Å²) in [5, 5.41) is 10.6. The van der Waals surface area contributed by atoms with Crippen LogP contribution in [0, 0.1) is 5.92 Å². The lowest BCUT2D eigenvalue weighted by molar-refractivity contribution is 0.125. The number of rotatable bonds is 7. The molecule has 2 aromatic heterocycles. The van der Waals surface area contributed by atoms with Gasteiger partial charge in [-0.15, -0.1) is 46.7 Å². The van der Waals surface area contributed by atoms with Gasteiger partial charge in [-0.3, -0.25) is 9.89 Å². The van der Waals surface area contributed by atoms with E-state index in [1.54, 1.807) is 4.88 Å². The molecule has 1 aliphatic carbocycles. The van der Waals surface area contributed by atoms with Crippen LogP contribution in [0.5, 0.6) is 0 Å². The van der Waals surface area contributed by atoms with Crippen LogP contribution in [0.4, 0.5) is 0 Å². The summed E-state index contributed by atoms with van der Waals surface area (Å²) in [6.45, 7) is 3.08. The van der Waals surface area contributed by atoms with Gasteiger partial charge in [-0.2, -0.15) is 0 Å². The Morgan fingerprint density at radius 1 is 1.26 bits per heavy atom. The lowest BCUT2D eigenvalue weighted by atomic mass is 9.88. The highest BCUT2D eigenvalue weighted by Crippen LogP contribution is 2.36. The van der Waals surface area contributed by atoms with E-state index in [1.165, 1.54) is 60.6 Å². The number of thiophene rings is 1. The number of hydrogen-bond acceptors (Lipinski definition) is 5. The molecule has 0 radical (unpaired) electrons. The second kappa shape index (κ2) is 12.5. The van der Waals surface area contributed by atoms with Gasteiger partial charge >= 0.3 is 0 Å². The average Bonchev–Trinajstić information content (AvgIpc) is 3.43. The minimum atomic E-state index is 0. The molecule has 5 nitrogen and oxygen atoms in total. The Hall–Kier alpha value is -0.710. The van der Waals surface area contributed by atoms with Crippen LogP contribution < -0.4 is 10.6 Å². The molecule has 0 saturated carbocycles. The summed E-state index contributed by atoms with van der Waals surface area (Å²) >= 11 is 3.82. The summed E-state index contributed by atoms with van der Waals surface area (Å²) in [7, 11) is 4.13.